The highest BCUT2D eigenvalue weighted by Gasteiger charge is 2.12. The second-order valence-corrected chi connectivity index (χ2v) is 8.38. The van der Waals surface area contributed by atoms with Crippen LogP contribution in [0, 0.1) is 0 Å². The lowest BCUT2D eigenvalue weighted by atomic mass is 10.0. The number of ether oxygens (including phenoxy) is 1. The third-order valence-electron chi connectivity index (χ3n) is 4.53. The summed E-state index contributed by atoms with van der Waals surface area (Å²) in [5.74, 6) is 0. The summed E-state index contributed by atoms with van der Waals surface area (Å²) in [5, 5.41) is 7.28. The van der Waals surface area contributed by atoms with Crippen molar-refractivity contribution in [3.05, 3.63) is 76.1 Å². The van der Waals surface area contributed by atoms with Crippen LogP contribution in [0.3, 0.4) is 0 Å². The lowest BCUT2D eigenvalue weighted by Gasteiger charge is -2.14. The molecule has 0 fully saturated rings. The van der Waals surface area contributed by atoms with Crippen molar-refractivity contribution >= 4 is 51.3 Å². The van der Waals surface area contributed by atoms with E-state index in [-0.39, 0.29) is 0 Å². The number of halogens is 1. The smallest absolute Gasteiger partial charge is 0.411 e. The first-order valence-electron chi connectivity index (χ1n) is 9.53. The van der Waals surface area contributed by atoms with Gasteiger partial charge in [-0.3, -0.25) is 10.3 Å². The summed E-state index contributed by atoms with van der Waals surface area (Å²) in [6, 6.07) is 19.7. The minimum absolute atomic E-state index is 0.307. The molecule has 2 heterocycles. The van der Waals surface area contributed by atoms with Gasteiger partial charge in [0.15, 0.2) is 0 Å². The normalized spacial score (nSPS) is 10.7. The van der Waals surface area contributed by atoms with Gasteiger partial charge in [0.1, 0.15) is 0 Å². The average Bonchev–Trinajstić information content (AvgIpc) is 3.18. The molecule has 4 rings (SSSR count). The zero-order valence-electron chi connectivity index (χ0n) is 16.3. The lowest BCUT2D eigenvalue weighted by molar-refractivity contribution is 0.168. The molecule has 152 valence electrons. The van der Waals surface area contributed by atoms with Crippen LogP contribution in [0.2, 0.25) is 4.34 Å². The van der Waals surface area contributed by atoms with Gasteiger partial charge in [0.25, 0.3) is 0 Å². The van der Waals surface area contributed by atoms with Crippen molar-refractivity contribution in [2.75, 3.05) is 17.2 Å². The van der Waals surface area contributed by atoms with Crippen LogP contribution in [-0.2, 0) is 11.3 Å². The molecule has 0 saturated heterocycles. The predicted octanol–water partition coefficient (Wildman–Crippen LogP) is 6.80. The monoisotopic (exact) mass is 437 g/mol. The summed E-state index contributed by atoms with van der Waals surface area (Å²) >= 11 is 7.57. The van der Waals surface area contributed by atoms with Crippen molar-refractivity contribution in [1.29, 1.82) is 0 Å². The van der Waals surface area contributed by atoms with E-state index in [1.807, 2.05) is 60.8 Å². The van der Waals surface area contributed by atoms with E-state index >= 15 is 0 Å². The maximum Gasteiger partial charge on any atom is 0.411 e. The van der Waals surface area contributed by atoms with E-state index in [4.69, 9.17) is 16.3 Å². The number of hydrogen-bond acceptors (Lipinski definition) is 5. The molecule has 0 aliphatic heterocycles. The van der Waals surface area contributed by atoms with E-state index in [0.717, 1.165) is 36.9 Å². The highest BCUT2D eigenvalue weighted by Crippen LogP contribution is 2.33. The third kappa shape index (κ3) is 4.72. The van der Waals surface area contributed by atoms with Crippen molar-refractivity contribution in [1.82, 2.24) is 4.98 Å². The number of aromatic nitrogens is 1. The summed E-state index contributed by atoms with van der Waals surface area (Å²) in [6.45, 7) is 2.75. The van der Waals surface area contributed by atoms with Crippen LogP contribution in [-0.4, -0.2) is 17.7 Å². The van der Waals surface area contributed by atoms with E-state index in [2.05, 4.69) is 21.7 Å². The van der Waals surface area contributed by atoms with Gasteiger partial charge in [0.2, 0.25) is 0 Å². The number of fused-ring (bicyclic) bond motifs is 1. The summed E-state index contributed by atoms with van der Waals surface area (Å²) in [6.07, 6.45) is 1.33. The number of carbonyl (C=O) groups excluding carboxylic acids is 1. The number of thiophene rings is 1. The molecule has 0 radical (unpaired) electrons. The number of rotatable bonds is 6. The number of nitrogens with zero attached hydrogens (tertiary/aromatic N) is 1. The Kier molecular flexibility index (Phi) is 6.16. The molecule has 0 aliphatic rings. The van der Waals surface area contributed by atoms with E-state index in [1.54, 1.807) is 18.3 Å². The molecular weight excluding hydrogens is 418 g/mol. The average molecular weight is 438 g/mol. The highest BCUT2D eigenvalue weighted by molar-refractivity contribution is 7.16. The Morgan fingerprint density at radius 1 is 1.13 bits per heavy atom. The maximum atomic E-state index is 12.0. The molecule has 0 bridgehead atoms. The molecule has 0 saturated carbocycles. The molecule has 2 aromatic carbocycles. The minimum Gasteiger partial charge on any atom is -0.450 e. The number of pyridine rings is 1. The fraction of sp³-hybridized carbons (Fsp3) is 0.130. The molecular formula is C23H20ClN3O2S. The Bertz CT molecular complexity index is 1190. The summed E-state index contributed by atoms with van der Waals surface area (Å²) in [4.78, 5) is 17.7. The largest absolute Gasteiger partial charge is 0.450 e. The van der Waals surface area contributed by atoms with E-state index in [1.165, 1.54) is 0 Å². The van der Waals surface area contributed by atoms with Gasteiger partial charge in [0, 0.05) is 39.8 Å². The van der Waals surface area contributed by atoms with E-state index in [0.29, 0.717) is 18.8 Å². The Balaban J connectivity index is 1.68. The van der Waals surface area contributed by atoms with Gasteiger partial charge in [-0.1, -0.05) is 29.8 Å². The van der Waals surface area contributed by atoms with Crippen LogP contribution >= 0.6 is 22.9 Å². The summed E-state index contributed by atoms with van der Waals surface area (Å²) < 4.78 is 5.82. The number of carbonyl (C=O) groups is 1. The molecule has 0 atom stereocenters. The molecule has 4 aromatic rings. The van der Waals surface area contributed by atoms with Crippen LogP contribution in [0.25, 0.3) is 22.0 Å². The maximum absolute atomic E-state index is 12.0. The van der Waals surface area contributed by atoms with Gasteiger partial charge in [-0.2, -0.15) is 0 Å². The summed E-state index contributed by atoms with van der Waals surface area (Å²) in [7, 11) is 0. The quantitative estimate of drug-likeness (QED) is 0.348. The van der Waals surface area contributed by atoms with Crippen molar-refractivity contribution in [2.24, 2.45) is 0 Å². The van der Waals surface area contributed by atoms with Crippen LogP contribution in [0.4, 0.5) is 16.2 Å². The lowest BCUT2D eigenvalue weighted by Crippen LogP contribution is -2.14. The van der Waals surface area contributed by atoms with Gasteiger partial charge in [0.05, 0.1) is 22.1 Å². The van der Waals surface area contributed by atoms with Crippen molar-refractivity contribution in [2.45, 2.75) is 13.5 Å². The number of anilines is 2. The standard InChI is InChI=1S/C23H20ClN3O2S/c1-2-29-23(28)27-21-9-7-17(25-14-18-8-10-22(24)30-18)12-19(21)16-11-15-5-3-4-6-20(15)26-13-16/h3-13,25H,2,14H2,1H3,(H,27,28). The first-order chi connectivity index (χ1) is 14.6. The Morgan fingerprint density at radius 3 is 2.80 bits per heavy atom. The zero-order chi connectivity index (χ0) is 20.9. The second-order valence-electron chi connectivity index (χ2n) is 6.58. The van der Waals surface area contributed by atoms with Crippen LogP contribution in [0.1, 0.15) is 11.8 Å². The number of benzene rings is 2. The predicted molar refractivity (Wildman–Crippen MR) is 124 cm³/mol. The van der Waals surface area contributed by atoms with Gasteiger partial charge in [-0.05, 0) is 49.4 Å². The van der Waals surface area contributed by atoms with Crippen LogP contribution < -0.4 is 10.6 Å². The topological polar surface area (TPSA) is 63.2 Å². The van der Waals surface area contributed by atoms with Gasteiger partial charge >= 0.3 is 6.09 Å². The van der Waals surface area contributed by atoms with Gasteiger partial charge in [-0.25, -0.2) is 4.79 Å². The Labute approximate surface area is 183 Å². The molecule has 5 nitrogen and oxygen atoms in total. The Morgan fingerprint density at radius 2 is 2.00 bits per heavy atom. The Hall–Kier alpha value is -3.09. The third-order valence-corrected chi connectivity index (χ3v) is 5.76. The van der Waals surface area contributed by atoms with Crippen molar-refractivity contribution < 1.29 is 9.53 Å². The molecule has 2 aromatic heterocycles. The second kappa shape index (κ2) is 9.15. The van der Waals surface area contributed by atoms with Gasteiger partial charge in [-0.15, -0.1) is 11.3 Å². The molecule has 0 unspecified atom stereocenters. The summed E-state index contributed by atoms with van der Waals surface area (Å²) in [5.41, 5.74) is 4.27. The fourth-order valence-corrected chi connectivity index (χ4v) is 4.16. The molecule has 0 spiro atoms. The SMILES string of the molecule is CCOC(=O)Nc1ccc(NCc2ccc(Cl)s2)cc1-c1cnc2ccccc2c1. The molecule has 2 N–H and O–H groups in total. The highest BCUT2D eigenvalue weighted by atomic mass is 35.5. The molecule has 30 heavy (non-hydrogen) atoms. The number of hydrogen-bond donors (Lipinski definition) is 2. The first-order valence-corrected chi connectivity index (χ1v) is 10.7. The number of nitrogens with one attached hydrogen (secondary N) is 2. The van der Waals surface area contributed by atoms with Crippen LogP contribution in [0.15, 0.2) is 66.9 Å². The molecule has 7 heteroatoms. The minimum atomic E-state index is -0.485. The number of para-hydroxylation sites is 1. The van der Waals surface area contributed by atoms with E-state index in [9.17, 15) is 4.79 Å². The fourth-order valence-electron chi connectivity index (χ4n) is 3.13. The zero-order valence-corrected chi connectivity index (χ0v) is 17.9. The van der Waals surface area contributed by atoms with Gasteiger partial charge < -0.3 is 10.1 Å². The van der Waals surface area contributed by atoms with Crippen molar-refractivity contribution in [3.8, 4) is 11.1 Å². The van der Waals surface area contributed by atoms with E-state index < -0.39 is 6.09 Å². The molecule has 0 aliphatic carbocycles. The number of amides is 1. The first kappa shape index (κ1) is 20.2. The van der Waals surface area contributed by atoms with Crippen LogP contribution in [0.5, 0.6) is 0 Å². The molecule has 1 amide bonds. The van der Waals surface area contributed by atoms with Crippen molar-refractivity contribution in [3.63, 3.8) is 0 Å².